The summed E-state index contributed by atoms with van der Waals surface area (Å²) >= 11 is 0. The van der Waals surface area contributed by atoms with Gasteiger partial charge in [-0.1, -0.05) is 12.1 Å². The number of pyridine rings is 2. The van der Waals surface area contributed by atoms with Gasteiger partial charge in [0.1, 0.15) is 0 Å². The molecule has 0 atom stereocenters. The van der Waals surface area contributed by atoms with Crippen LogP contribution in [0.25, 0.3) is 10.9 Å². The normalized spacial score (nSPS) is 10.5. The maximum Gasteiger partial charge on any atom is 0.252 e. The van der Waals surface area contributed by atoms with Gasteiger partial charge in [-0.25, -0.2) is 9.97 Å². The molecule has 156 valence electrons. The van der Waals surface area contributed by atoms with E-state index in [-0.39, 0.29) is 5.91 Å². The summed E-state index contributed by atoms with van der Waals surface area (Å²) in [6, 6.07) is 11.8. The molecule has 0 aliphatic rings. The van der Waals surface area contributed by atoms with Gasteiger partial charge in [0.2, 0.25) is 0 Å². The third kappa shape index (κ3) is 4.67. The van der Waals surface area contributed by atoms with Gasteiger partial charge < -0.3 is 21.3 Å². The summed E-state index contributed by atoms with van der Waals surface area (Å²) in [7, 11) is 3.37. The average Bonchev–Trinajstić information content (AvgIpc) is 2.82. The zero-order valence-electron chi connectivity index (χ0n) is 17.2. The van der Waals surface area contributed by atoms with E-state index in [1.807, 2.05) is 24.3 Å². The van der Waals surface area contributed by atoms with E-state index in [2.05, 4.69) is 47.3 Å². The van der Waals surface area contributed by atoms with Crippen LogP contribution in [0.2, 0.25) is 0 Å². The molecule has 0 aliphatic carbocycles. The lowest BCUT2D eigenvalue weighted by Crippen LogP contribution is -2.18. The number of carbonyl (C=O) groups excluding carboxylic acids is 1. The number of aromatic nitrogens is 4. The molecule has 0 bridgehead atoms. The van der Waals surface area contributed by atoms with Crippen LogP contribution < -0.4 is 21.3 Å². The van der Waals surface area contributed by atoms with Crippen LogP contribution in [-0.2, 0) is 6.54 Å². The van der Waals surface area contributed by atoms with Gasteiger partial charge in [-0.15, -0.1) is 0 Å². The van der Waals surface area contributed by atoms with Crippen LogP contribution in [0.4, 0.5) is 23.1 Å². The Bertz CT molecular complexity index is 1230. The quantitative estimate of drug-likeness (QED) is 0.364. The van der Waals surface area contributed by atoms with Gasteiger partial charge in [0.25, 0.3) is 5.91 Å². The molecule has 4 N–H and O–H groups in total. The van der Waals surface area contributed by atoms with E-state index in [1.165, 1.54) is 6.20 Å². The standard InChI is InChI=1S/C22H22N8O/c1-23-20-21(27-10-14-5-6-18-15(8-14)4-3-7-26-18)30-19(13-28-20)29-17-9-16(11-25-12-17)22(31)24-2/h3-9,11-13H,10H2,1-2H3,(H,23,28)(H,24,31)(H2,27,29,30). The van der Waals surface area contributed by atoms with Crippen LogP contribution in [0.3, 0.4) is 0 Å². The van der Waals surface area contributed by atoms with E-state index >= 15 is 0 Å². The fourth-order valence-corrected chi connectivity index (χ4v) is 3.10. The molecule has 0 aliphatic heterocycles. The van der Waals surface area contributed by atoms with Crippen molar-refractivity contribution in [3.63, 3.8) is 0 Å². The topological polar surface area (TPSA) is 117 Å². The van der Waals surface area contributed by atoms with Crippen LogP contribution in [-0.4, -0.2) is 39.9 Å². The van der Waals surface area contributed by atoms with E-state index in [0.717, 1.165) is 16.5 Å². The van der Waals surface area contributed by atoms with Crippen molar-refractivity contribution in [1.82, 2.24) is 25.3 Å². The smallest absolute Gasteiger partial charge is 0.252 e. The summed E-state index contributed by atoms with van der Waals surface area (Å²) in [5, 5.41) is 13.2. The van der Waals surface area contributed by atoms with Crippen molar-refractivity contribution in [2.45, 2.75) is 6.54 Å². The summed E-state index contributed by atoms with van der Waals surface area (Å²) in [4.78, 5) is 29.3. The second kappa shape index (κ2) is 9.04. The maximum atomic E-state index is 11.8. The number of nitrogens with one attached hydrogen (secondary N) is 4. The van der Waals surface area contributed by atoms with Gasteiger partial charge in [0.15, 0.2) is 17.5 Å². The molecule has 3 aromatic heterocycles. The number of anilines is 4. The zero-order valence-corrected chi connectivity index (χ0v) is 17.2. The molecule has 9 nitrogen and oxygen atoms in total. The van der Waals surface area contributed by atoms with Gasteiger partial charge in [-0.05, 0) is 29.8 Å². The zero-order chi connectivity index (χ0) is 21.6. The molecule has 4 rings (SSSR count). The number of hydrogen-bond acceptors (Lipinski definition) is 8. The minimum absolute atomic E-state index is 0.208. The lowest BCUT2D eigenvalue weighted by molar-refractivity contribution is 0.0963. The Morgan fingerprint density at radius 2 is 1.90 bits per heavy atom. The summed E-state index contributed by atoms with van der Waals surface area (Å²) in [5.41, 5.74) is 3.16. The first-order valence-electron chi connectivity index (χ1n) is 9.73. The number of nitrogens with zero attached hydrogens (tertiary/aromatic N) is 4. The fraction of sp³-hybridized carbons (Fsp3) is 0.136. The molecule has 0 saturated heterocycles. The van der Waals surface area contributed by atoms with Crippen molar-refractivity contribution in [3.05, 3.63) is 72.3 Å². The van der Waals surface area contributed by atoms with Gasteiger partial charge in [-0.3, -0.25) is 14.8 Å². The molecule has 3 heterocycles. The highest BCUT2D eigenvalue weighted by Crippen LogP contribution is 2.22. The molecule has 9 heteroatoms. The fourth-order valence-electron chi connectivity index (χ4n) is 3.10. The highest BCUT2D eigenvalue weighted by atomic mass is 16.1. The van der Waals surface area contributed by atoms with E-state index in [9.17, 15) is 4.79 Å². The Hall–Kier alpha value is -4.27. The summed E-state index contributed by atoms with van der Waals surface area (Å²) < 4.78 is 0. The predicted molar refractivity (Wildman–Crippen MR) is 122 cm³/mol. The minimum Gasteiger partial charge on any atom is -0.370 e. The van der Waals surface area contributed by atoms with Crippen molar-refractivity contribution >= 4 is 40.0 Å². The van der Waals surface area contributed by atoms with Crippen LogP contribution in [0.1, 0.15) is 15.9 Å². The van der Waals surface area contributed by atoms with Gasteiger partial charge >= 0.3 is 0 Å². The van der Waals surface area contributed by atoms with Crippen molar-refractivity contribution < 1.29 is 4.79 Å². The second-order valence-corrected chi connectivity index (χ2v) is 6.75. The van der Waals surface area contributed by atoms with Crippen LogP contribution in [0, 0.1) is 0 Å². The van der Waals surface area contributed by atoms with E-state index in [4.69, 9.17) is 0 Å². The monoisotopic (exact) mass is 414 g/mol. The minimum atomic E-state index is -0.208. The first kappa shape index (κ1) is 20.0. The molecule has 1 aromatic carbocycles. The van der Waals surface area contributed by atoms with Crippen LogP contribution in [0.15, 0.2) is 61.2 Å². The number of rotatable bonds is 7. The lowest BCUT2D eigenvalue weighted by Gasteiger charge is -2.13. The molecule has 0 spiro atoms. The molecule has 1 amide bonds. The molecule has 0 unspecified atom stereocenters. The first-order chi connectivity index (χ1) is 15.2. The van der Waals surface area contributed by atoms with E-state index in [0.29, 0.717) is 35.2 Å². The first-order valence-corrected chi connectivity index (χ1v) is 9.73. The summed E-state index contributed by atoms with van der Waals surface area (Å²) in [6.07, 6.45) is 6.53. The number of hydrogen-bond donors (Lipinski definition) is 4. The highest BCUT2D eigenvalue weighted by Gasteiger charge is 2.09. The van der Waals surface area contributed by atoms with E-state index < -0.39 is 0 Å². The average molecular weight is 414 g/mol. The second-order valence-electron chi connectivity index (χ2n) is 6.75. The predicted octanol–water partition coefficient (Wildman–Crippen LogP) is 3.18. The molecule has 4 aromatic rings. The van der Waals surface area contributed by atoms with Gasteiger partial charge in [0, 0.05) is 38.4 Å². The van der Waals surface area contributed by atoms with Crippen LogP contribution in [0.5, 0.6) is 0 Å². The number of fused-ring (bicyclic) bond motifs is 1. The van der Waals surface area contributed by atoms with E-state index in [1.54, 1.807) is 38.8 Å². The summed E-state index contributed by atoms with van der Waals surface area (Å²) in [6.45, 7) is 0.575. The number of carbonyl (C=O) groups is 1. The Kier molecular flexibility index (Phi) is 5.84. The highest BCUT2D eigenvalue weighted by molar-refractivity contribution is 5.94. The Balaban J connectivity index is 1.52. The molecular weight excluding hydrogens is 392 g/mol. The lowest BCUT2D eigenvalue weighted by atomic mass is 10.1. The maximum absolute atomic E-state index is 11.8. The third-order valence-electron chi connectivity index (χ3n) is 4.64. The molecule has 0 fully saturated rings. The Morgan fingerprint density at radius 3 is 2.74 bits per heavy atom. The van der Waals surface area contributed by atoms with Crippen molar-refractivity contribution in [3.8, 4) is 0 Å². The van der Waals surface area contributed by atoms with Crippen LogP contribution >= 0.6 is 0 Å². The molecule has 0 saturated carbocycles. The van der Waals surface area contributed by atoms with Gasteiger partial charge in [0.05, 0.1) is 29.2 Å². The van der Waals surface area contributed by atoms with Gasteiger partial charge in [-0.2, -0.15) is 0 Å². The number of benzene rings is 1. The third-order valence-corrected chi connectivity index (χ3v) is 4.64. The number of amides is 1. The Morgan fingerprint density at radius 1 is 1.00 bits per heavy atom. The molecule has 31 heavy (non-hydrogen) atoms. The largest absolute Gasteiger partial charge is 0.370 e. The molecular formula is C22H22N8O. The van der Waals surface area contributed by atoms with Crippen molar-refractivity contribution in [1.29, 1.82) is 0 Å². The van der Waals surface area contributed by atoms with Crippen molar-refractivity contribution in [2.24, 2.45) is 0 Å². The molecule has 0 radical (unpaired) electrons. The SMILES string of the molecule is CNC(=O)c1cncc(Nc2cnc(NC)c(NCc3ccc4ncccc4c3)n2)c1. The Labute approximate surface area is 179 Å². The van der Waals surface area contributed by atoms with Crippen molar-refractivity contribution in [2.75, 3.05) is 30.0 Å². The summed E-state index contributed by atoms with van der Waals surface area (Å²) in [5.74, 6) is 1.56.